The number of rotatable bonds is 3. The van der Waals surface area contributed by atoms with Crippen molar-refractivity contribution >= 4 is 28.2 Å². The van der Waals surface area contributed by atoms with Crippen LogP contribution in [0.5, 0.6) is 0 Å². The minimum atomic E-state index is -0.292. The molecule has 0 aliphatic carbocycles. The Morgan fingerprint density at radius 1 is 1.45 bits per heavy atom. The Morgan fingerprint density at radius 3 is 3.00 bits per heavy atom. The molecule has 0 bridgehead atoms. The number of aliphatic hydroxyl groups excluding tert-OH is 1. The Labute approximate surface area is 123 Å². The third-order valence-electron chi connectivity index (χ3n) is 3.87. The SMILES string of the molecule is CC(C)(CO)N1CCC=C1c1n[nH]c2cc(Cl)ccc12. The van der Waals surface area contributed by atoms with Crippen LogP contribution in [-0.2, 0) is 0 Å². The number of hydrogen-bond acceptors (Lipinski definition) is 3. The predicted octanol–water partition coefficient (Wildman–Crippen LogP) is 3.03. The van der Waals surface area contributed by atoms with Crippen molar-refractivity contribution in [1.29, 1.82) is 0 Å². The smallest absolute Gasteiger partial charge is 0.116 e. The summed E-state index contributed by atoms with van der Waals surface area (Å²) < 4.78 is 0. The molecular weight excluding hydrogens is 274 g/mol. The maximum absolute atomic E-state index is 9.60. The molecule has 3 rings (SSSR count). The first-order chi connectivity index (χ1) is 9.53. The van der Waals surface area contributed by atoms with Crippen molar-refractivity contribution < 1.29 is 5.11 Å². The van der Waals surface area contributed by atoms with Gasteiger partial charge in [-0.2, -0.15) is 5.10 Å². The number of nitrogens with one attached hydrogen (secondary N) is 1. The fourth-order valence-electron chi connectivity index (χ4n) is 2.69. The highest BCUT2D eigenvalue weighted by Gasteiger charge is 2.32. The summed E-state index contributed by atoms with van der Waals surface area (Å²) in [5.41, 5.74) is 2.65. The van der Waals surface area contributed by atoms with Crippen LogP contribution >= 0.6 is 11.6 Å². The van der Waals surface area contributed by atoms with Gasteiger partial charge in [-0.15, -0.1) is 0 Å². The van der Waals surface area contributed by atoms with Crippen LogP contribution in [0.2, 0.25) is 5.02 Å². The van der Waals surface area contributed by atoms with Gasteiger partial charge in [0.2, 0.25) is 0 Å². The summed E-state index contributed by atoms with van der Waals surface area (Å²) in [5.74, 6) is 0. The van der Waals surface area contributed by atoms with E-state index in [1.54, 1.807) is 0 Å². The Bertz CT molecular complexity index is 675. The van der Waals surface area contributed by atoms with Crippen LogP contribution in [0.3, 0.4) is 0 Å². The summed E-state index contributed by atoms with van der Waals surface area (Å²) in [4.78, 5) is 2.22. The lowest BCUT2D eigenvalue weighted by Crippen LogP contribution is -2.44. The largest absolute Gasteiger partial charge is 0.394 e. The minimum absolute atomic E-state index is 0.110. The van der Waals surface area contributed by atoms with Crippen molar-refractivity contribution in [1.82, 2.24) is 15.1 Å². The van der Waals surface area contributed by atoms with Crippen LogP contribution in [0, 0.1) is 0 Å². The maximum atomic E-state index is 9.60. The number of hydrogen-bond donors (Lipinski definition) is 2. The molecule has 106 valence electrons. The van der Waals surface area contributed by atoms with Gasteiger partial charge in [0.25, 0.3) is 0 Å². The van der Waals surface area contributed by atoms with E-state index in [9.17, 15) is 5.11 Å². The fraction of sp³-hybridized carbons (Fsp3) is 0.400. The zero-order valence-corrected chi connectivity index (χ0v) is 12.4. The van der Waals surface area contributed by atoms with Crippen LogP contribution in [-0.4, -0.2) is 38.9 Å². The van der Waals surface area contributed by atoms with E-state index in [0.717, 1.165) is 35.3 Å². The van der Waals surface area contributed by atoms with E-state index in [4.69, 9.17) is 11.6 Å². The van der Waals surface area contributed by atoms with Gasteiger partial charge >= 0.3 is 0 Å². The molecule has 20 heavy (non-hydrogen) atoms. The number of aliphatic hydroxyl groups is 1. The Hall–Kier alpha value is -1.52. The number of halogens is 1. The summed E-state index contributed by atoms with van der Waals surface area (Å²) in [5, 5.41) is 18.8. The fourth-order valence-corrected chi connectivity index (χ4v) is 2.86. The number of H-pyrrole nitrogens is 1. The van der Waals surface area contributed by atoms with E-state index in [0.29, 0.717) is 5.02 Å². The summed E-state index contributed by atoms with van der Waals surface area (Å²) in [7, 11) is 0. The number of aromatic amines is 1. The molecule has 5 heteroatoms. The van der Waals surface area contributed by atoms with Crippen LogP contribution in [0.4, 0.5) is 0 Å². The standard InChI is InChI=1S/C15H18ClN3O/c1-15(2,9-20)19-7-3-4-13(19)14-11-6-5-10(16)8-12(11)17-18-14/h4-6,8,20H,3,7,9H2,1-2H3,(H,17,18). The molecule has 4 nitrogen and oxygen atoms in total. The number of fused-ring (bicyclic) bond motifs is 1. The Kier molecular flexibility index (Phi) is 3.22. The molecule has 0 saturated carbocycles. The zero-order chi connectivity index (χ0) is 14.3. The van der Waals surface area contributed by atoms with Gasteiger partial charge in [0.1, 0.15) is 5.69 Å². The van der Waals surface area contributed by atoms with Gasteiger partial charge in [0, 0.05) is 17.0 Å². The molecule has 1 aliphatic heterocycles. The van der Waals surface area contributed by atoms with E-state index >= 15 is 0 Å². The molecular formula is C15H18ClN3O. The lowest BCUT2D eigenvalue weighted by molar-refractivity contribution is 0.111. The molecule has 0 fully saturated rings. The van der Waals surface area contributed by atoms with Crippen LogP contribution in [0.25, 0.3) is 16.6 Å². The van der Waals surface area contributed by atoms with Gasteiger partial charge in [-0.1, -0.05) is 17.7 Å². The van der Waals surface area contributed by atoms with Crippen LogP contribution in [0.1, 0.15) is 26.0 Å². The molecule has 0 amide bonds. The summed E-state index contributed by atoms with van der Waals surface area (Å²) >= 11 is 6.01. The molecule has 1 aromatic heterocycles. The van der Waals surface area contributed by atoms with Crippen LogP contribution in [0.15, 0.2) is 24.3 Å². The molecule has 0 spiro atoms. The van der Waals surface area contributed by atoms with Crippen molar-refractivity contribution in [3.8, 4) is 0 Å². The summed E-state index contributed by atoms with van der Waals surface area (Å²) in [6.45, 7) is 5.10. The molecule has 2 N–H and O–H groups in total. The van der Waals surface area contributed by atoms with Crippen molar-refractivity contribution in [2.75, 3.05) is 13.2 Å². The van der Waals surface area contributed by atoms with Crippen molar-refractivity contribution in [3.63, 3.8) is 0 Å². The topological polar surface area (TPSA) is 52.1 Å². The number of aromatic nitrogens is 2. The van der Waals surface area contributed by atoms with E-state index in [2.05, 4.69) is 21.2 Å². The average molecular weight is 292 g/mol. The summed E-state index contributed by atoms with van der Waals surface area (Å²) in [6, 6.07) is 5.74. The first-order valence-electron chi connectivity index (χ1n) is 6.75. The number of benzene rings is 1. The van der Waals surface area contributed by atoms with Gasteiger partial charge in [-0.25, -0.2) is 0 Å². The molecule has 0 radical (unpaired) electrons. The maximum Gasteiger partial charge on any atom is 0.116 e. The first-order valence-corrected chi connectivity index (χ1v) is 7.13. The Balaban J connectivity index is 2.07. The van der Waals surface area contributed by atoms with Gasteiger partial charge < -0.3 is 10.0 Å². The molecule has 2 heterocycles. The predicted molar refractivity (Wildman–Crippen MR) is 81.6 cm³/mol. The van der Waals surface area contributed by atoms with Crippen LogP contribution < -0.4 is 0 Å². The minimum Gasteiger partial charge on any atom is -0.394 e. The third-order valence-corrected chi connectivity index (χ3v) is 4.10. The Morgan fingerprint density at radius 2 is 2.25 bits per heavy atom. The molecule has 1 aliphatic rings. The van der Waals surface area contributed by atoms with Crippen molar-refractivity contribution in [2.45, 2.75) is 25.8 Å². The highest BCUT2D eigenvalue weighted by Crippen LogP contribution is 2.34. The van der Waals surface area contributed by atoms with E-state index in [1.165, 1.54) is 0 Å². The summed E-state index contributed by atoms with van der Waals surface area (Å²) in [6.07, 6.45) is 3.16. The van der Waals surface area contributed by atoms with Gasteiger partial charge in [0.15, 0.2) is 0 Å². The van der Waals surface area contributed by atoms with E-state index in [1.807, 2.05) is 32.0 Å². The normalized spacial score (nSPS) is 16.0. The second-order valence-corrected chi connectivity index (χ2v) is 6.20. The first kappa shape index (κ1) is 13.5. The molecule has 2 aromatic rings. The second kappa shape index (κ2) is 4.79. The second-order valence-electron chi connectivity index (χ2n) is 5.76. The lowest BCUT2D eigenvalue weighted by Gasteiger charge is -2.37. The average Bonchev–Trinajstić information content (AvgIpc) is 3.03. The van der Waals surface area contributed by atoms with Crippen molar-refractivity contribution in [3.05, 3.63) is 35.0 Å². The third kappa shape index (κ3) is 2.09. The molecule has 0 atom stereocenters. The highest BCUT2D eigenvalue weighted by molar-refractivity contribution is 6.31. The molecule has 0 saturated heterocycles. The highest BCUT2D eigenvalue weighted by atomic mass is 35.5. The van der Waals surface area contributed by atoms with Gasteiger partial charge in [0.05, 0.1) is 23.4 Å². The lowest BCUT2D eigenvalue weighted by atomic mass is 10.0. The molecule has 0 unspecified atom stereocenters. The quantitative estimate of drug-likeness (QED) is 0.914. The monoisotopic (exact) mass is 291 g/mol. The van der Waals surface area contributed by atoms with Gasteiger partial charge in [-0.05, 0) is 38.5 Å². The zero-order valence-electron chi connectivity index (χ0n) is 11.7. The van der Waals surface area contributed by atoms with E-state index < -0.39 is 0 Å². The van der Waals surface area contributed by atoms with Crippen molar-refractivity contribution in [2.24, 2.45) is 0 Å². The molecule has 1 aromatic carbocycles. The van der Waals surface area contributed by atoms with E-state index in [-0.39, 0.29) is 12.1 Å². The van der Waals surface area contributed by atoms with Gasteiger partial charge in [-0.3, -0.25) is 5.10 Å². The number of nitrogens with zero attached hydrogens (tertiary/aromatic N) is 2.